The number of fused-ring (bicyclic) bond motifs is 1. The molecule has 0 radical (unpaired) electrons. The van der Waals surface area contributed by atoms with E-state index in [9.17, 15) is 9.18 Å². The summed E-state index contributed by atoms with van der Waals surface area (Å²) in [5, 5.41) is 4.26. The molecule has 0 fully saturated rings. The Morgan fingerprint density at radius 1 is 1.10 bits per heavy atom. The van der Waals surface area contributed by atoms with E-state index in [4.69, 9.17) is 0 Å². The normalized spacial score (nSPS) is 13.4. The smallest absolute Gasteiger partial charge is 0.259 e. The van der Waals surface area contributed by atoms with E-state index in [0.29, 0.717) is 17.9 Å². The second kappa shape index (κ2) is 7.80. The molecule has 0 saturated heterocycles. The zero-order valence-corrected chi connectivity index (χ0v) is 17.1. The summed E-state index contributed by atoms with van der Waals surface area (Å²) in [5.41, 5.74) is 6.22. The third kappa shape index (κ3) is 3.72. The van der Waals surface area contributed by atoms with Crippen LogP contribution in [-0.2, 0) is 12.8 Å². The number of anilines is 1. The monoisotopic (exact) mass is 412 g/mol. The van der Waals surface area contributed by atoms with Crippen LogP contribution in [-0.4, -0.2) is 27.2 Å². The van der Waals surface area contributed by atoms with Crippen LogP contribution in [0.15, 0.2) is 73.2 Å². The van der Waals surface area contributed by atoms with Gasteiger partial charge in [0.2, 0.25) is 0 Å². The van der Waals surface area contributed by atoms with E-state index < -0.39 is 5.82 Å². The number of hydrogen-bond donors (Lipinski definition) is 0. The SMILES string of the molecule is Cc1cc2c(cc1Cc1ccc(-n3cccn3)cc1)C(=O)N(c1ccc(F)cn1)CC2. The summed E-state index contributed by atoms with van der Waals surface area (Å²) >= 11 is 0. The van der Waals surface area contributed by atoms with Gasteiger partial charge in [0.05, 0.1) is 11.9 Å². The zero-order valence-electron chi connectivity index (χ0n) is 17.1. The van der Waals surface area contributed by atoms with Crippen molar-refractivity contribution in [2.24, 2.45) is 0 Å². The van der Waals surface area contributed by atoms with E-state index in [0.717, 1.165) is 35.9 Å². The number of benzene rings is 2. The molecule has 0 unspecified atom stereocenters. The maximum absolute atomic E-state index is 13.2. The first-order valence-electron chi connectivity index (χ1n) is 10.2. The van der Waals surface area contributed by atoms with Gasteiger partial charge in [-0.15, -0.1) is 0 Å². The largest absolute Gasteiger partial charge is 0.292 e. The summed E-state index contributed by atoms with van der Waals surface area (Å²) in [6.45, 7) is 2.63. The van der Waals surface area contributed by atoms with Crippen molar-refractivity contribution in [1.29, 1.82) is 0 Å². The molecule has 154 valence electrons. The number of pyridine rings is 1. The minimum Gasteiger partial charge on any atom is -0.292 e. The number of amides is 1. The highest BCUT2D eigenvalue weighted by Crippen LogP contribution is 2.27. The van der Waals surface area contributed by atoms with E-state index in [1.54, 1.807) is 17.2 Å². The Kier molecular flexibility index (Phi) is 4.82. The fraction of sp³-hybridized carbons (Fsp3) is 0.160. The Morgan fingerprint density at radius 2 is 1.94 bits per heavy atom. The van der Waals surface area contributed by atoms with Gasteiger partial charge < -0.3 is 0 Å². The van der Waals surface area contributed by atoms with Crippen LogP contribution in [0.25, 0.3) is 5.69 Å². The van der Waals surface area contributed by atoms with Gasteiger partial charge in [-0.3, -0.25) is 9.69 Å². The van der Waals surface area contributed by atoms with Crippen LogP contribution in [0.5, 0.6) is 0 Å². The Hall–Kier alpha value is -3.80. The highest BCUT2D eigenvalue weighted by molar-refractivity contribution is 6.07. The summed E-state index contributed by atoms with van der Waals surface area (Å²) in [6.07, 6.45) is 6.30. The molecule has 31 heavy (non-hydrogen) atoms. The van der Waals surface area contributed by atoms with Crippen molar-refractivity contribution < 1.29 is 9.18 Å². The van der Waals surface area contributed by atoms with Crippen LogP contribution in [0, 0.1) is 12.7 Å². The van der Waals surface area contributed by atoms with E-state index >= 15 is 0 Å². The molecule has 2 aromatic heterocycles. The molecule has 1 aliphatic rings. The first-order chi connectivity index (χ1) is 15.1. The molecule has 5 rings (SSSR count). The summed E-state index contributed by atoms with van der Waals surface area (Å²) in [6, 6.07) is 17.2. The zero-order chi connectivity index (χ0) is 21.4. The number of carbonyl (C=O) groups excluding carboxylic acids is 1. The highest BCUT2D eigenvalue weighted by Gasteiger charge is 2.27. The number of aryl methyl sites for hydroxylation is 1. The van der Waals surface area contributed by atoms with Gasteiger partial charge >= 0.3 is 0 Å². The topological polar surface area (TPSA) is 51.0 Å². The molecular formula is C25H21FN4O. The lowest BCUT2D eigenvalue weighted by Gasteiger charge is -2.28. The number of nitrogens with zero attached hydrogens (tertiary/aromatic N) is 4. The van der Waals surface area contributed by atoms with E-state index in [2.05, 4.69) is 35.2 Å². The Morgan fingerprint density at radius 3 is 2.65 bits per heavy atom. The predicted molar refractivity (Wildman–Crippen MR) is 117 cm³/mol. The average molecular weight is 412 g/mol. The Bertz CT molecular complexity index is 1230. The van der Waals surface area contributed by atoms with Gasteiger partial charge in [-0.2, -0.15) is 5.10 Å². The molecule has 0 spiro atoms. The number of hydrogen-bond acceptors (Lipinski definition) is 3. The lowest BCUT2D eigenvalue weighted by molar-refractivity contribution is 0.0979. The van der Waals surface area contributed by atoms with Crippen LogP contribution in [0.4, 0.5) is 10.2 Å². The predicted octanol–water partition coefficient (Wildman–Crippen LogP) is 4.51. The first-order valence-corrected chi connectivity index (χ1v) is 10.2. The maximum atomic E-state index is 13.2. The maximum Gasteiger partial charge on any atom is 0.259 e. The van der Waals surface area contributed by atoms with Crippen molar-refractivity contribution in [2.75, 3.05) is 11.4 Å². The van der Waals surface area contributed by atoms with E-state index in [1.165, 1.54) is 17.2 Å². The van der Waals surface area contributed by atoms with Gasteiger partial charge in [0.15, 0.2) is 0 Å². The van der Waals surface area contributed by atoms with Crippen molar-refractivity contribution in [2.45, 2.75) is 19.8 Å². The van der Waals surface area contributed by atoms with Gasteiger partial charge in [-0.1, -0.05) is 18.2 Å². The molecule has 0 atom stereocenters. The number of halogens is 1. The second-order valence-corrected chi connectivity index (χ2v) is 7.77. The number of carbonyl (C=O) groups is 1. The minimum absolute atomic E-state index is 0.0874. The fourth-order valence-corrected chi connectivity index (χ4v) is 4.04. The van der Waals surface area contributed by atoms with Gasteiger partial charge in [0.25, 0.3) is 5.91 Å². The van der Waals surface area contributed by atoms with Gasteiger partial charge in [0, 0.05) is 24.5 Å². The third-order valence-corrected chi connectivity index (χ3v) is 5.73. The molecule has 3 heterocycles. The molecule has 2 aromatic carbocycles. The molecule has 0 bridgehead atoms. The molecule has 1 amide bonds. The van der Waals surface area contributed by atoms with Gasteiger partial charge in [-0.25, -0.2) is 14.1 Å². The van der Waals surface area contributed by atoms with E-state index in [-0.39, 0.29) is 5.91 Å². The van der Waals surface area contributed by atoms with Crippen molar-refractivity contribution >= 4 is 11.7 Å². The molecule has 5 nitrogen and oxygen atoms in total. The molecular weight excluding hydrogens is 391 g/mol. The quantitative estimate of drug-likeness (QED) is 0.496. The lowest BCUT2D eigenvalue weighted by atomic mass is 9.91. The fourth-order valence-electron chi connectivity index (χ4n) is 4.04. The van der Waals surface area contributed by atoms with Gasteiger partial charge in [-0.05, 0) is 78.4 Å². The second-order valence-electron chi connectivity index (χ2n) is 7.77. The van der Waals surface area contributed by atoms with Crippen LogP contribution in [0.1, 0.15) is 32.6 Å². The summed E-state index contributed by atoms with van der Waals surface area (Å²) in [7, 11) is 0. The van der Waals surface area contributed by atoms with Crippen LogP contribution < -0.4 is 4.90 Å². The van der Waals surface area contributed by atoms with E-state index in [1.807, 2.05) is 35.1 Å². The van der Waals surface area contributed by atoms with Crippen LogP contribution in [0.2, 0.25) is 0 Å². The number of rotatable bonds is 4. The summed E-state index contributed by atoms with van der Waals surface area (Å²) in [5.74, 6) is -0.0193. The number of aromatic nitrogens is 3. The van der Waals surface area contributed by atoms with Crippen molar-refractivity contribution in [3.63, 3.8) is 0 Å². The Balaban J connectivity index is 1.41. The molecule has 0 saturated carbocycles. The Labute approximate surface area is 179 Å². The highest BCUT2D eigenvalue weighted by atomic mass is 19.1. The van der Waals surface area contributed by atoms with Crippen molar-refractivity contribution in [3.8, 4) is 5.69 Å². The first kappa shape index (κ1) is 19.2. The molecule has 1 aliphatic heterocycles. The standard InChI is InChI=1S/C25H21FN4O/c1-17-13-19-9-12-29(24-8-5-21(26)16-27-24)25(31)23(19)15-20(17)14-18-3-6-22(7-4-18)30-11-2-10-28-30/h2-8,10-11,13,15-16H,9,12,14H2,1H3. The van der Waals surface area contributed by atoms with Crippen LogP contribution >= 0.6 is 0 Å². The minimum atomic E-state index is -0.412. The molecule has 4 aromatic rings. The van der Waals surface area contributed by atoms with Crippen molar-refractivity contribution in [1.82, 2.24) is 14.8 Å². The molecule has 0 aliphatic carbocycles. The van der Waals surface area contributed by atoms with Gasteiger partial charge in [0.1, 0.15) is 11.6 Å². The average Bonchev–Trinajstić information content (AvgIpc) is 3.31. The van der Waals surface area contributed by atoms with Crippen LogP contribution in [0.3, 0.4) is 0 Å². The van der Waals surface area contributed by atoms with Crippen molar-refractivity contribution in [3.05, 3.63) is 107 Å². The lowest BCUT2D eigenvalue weighted by Crippen LogP contribution is -2.38. The molecule has 6 heteroatoms. The molecule has 0 N–H and O–H groups in total. The summed E-state index contributed by atoms with van der Waals surface area (Å²) < 4.78 is 15.1. The summed E-state index contributed by atoms with van der Waals surface area (Å²) in [4.78, 5) is 18.9. The third-order valence-electron chi connectivity index (χ3n) is 5.73.